The van der Waals surface area contributed by atoms with Gasteiger partial charge in [0, 0.05) is 30.3 Å². The number of halogens is 1. The first-order valence-corrected chi connectivity index (χ1v) is 11.5. The molecular formula is C21H26ClN5O3S. The Kier molecular flexibility index (Phi) is 7.97. The molecule has 1 aromatic carbocycles. The van der Waals surface area contributed by atoms with Gasteiger partial charge in [-0.1, -0.05) is 42.9 Å². The monoisotopic (exact) mass is 463 g/mol. The molecule has 10 heteroatoms. The normalized spacial score (nSPS) is 16.3. The molecule has 0 unspecified atom stereocenters. The average molecular weight is 464 g/mol. The topological polar surface area (TPSA) is 104 Å². The van der Waals surface area contributed by atoms with Crippen molar-refractivity contribution >= 4 is 46.3 Å². The zero-order valence-electron chi connectivity index (χ0n) is 17.6. The summed E-state index contributed by atoms with van der Waals surface area (Å²) in [6.45, 7) is 5.76. The van der Waals surface area contributed by atoms with Crippen molar-refractivity contribution in [2.45, 2.75) is 33.1 Å². The van der Waals surface area contributed by atoms with Crippen LogP contribution in [0.25, 0.3) is 0 Å². The van der Waals surface area contributed by atoms with Gasteiger partial charge in [0.05, 0.1) is 5.92 Å². The number of benzene rings is 1. The molecule has 0 bridgehead atoms. The second-order valence-electron chi connectivity index (χ2n) is 7.94. The third-order valence-corrected chi connectivity index (χ3v) is 6.13. The van der Waals surface area contributed by atoms with E-state index in [2.05, 4.69) is 34.7 Å². The maximum atomic E-state index is 12.9. The fourth-order valence-electron chi connectivity index (χ4n) is 3.29. The zero-order valence-corrected chi connectivity index (χ0v) is 19.1. The van der Waals surface area contributed by atoms with Crippen molar-refractivity contribution in [2.75, 3.05) is 25.0 Å². The molecule has 3 rings (SSSR count). The van der Waals surface area contributed by atoms with E-state index in [1.807, 2.05) is 0 Å². The number of carbonyl (C=O) groups is 3. The molecule has 2 aromatic rings. The molecule has 1 aromatic heterocycles. The van der Waals surface area contributed by atoms with Gasteiger partial charge in [-0.2, -0.15) is 0 Å². The van der Waals surface area contributed by atoms with E-state index in [1.54, 1.807) is 29.2 Å². The lowest BCUT2D eigenvalue weighted by Crippen LogP contribution is -2.45. The lowest BCUT2D eigenvalue weighted by atomic mass is 9.97. The minimum Gasteiger partial charge on any atom is -0.356 e. The number of hydrogen-bond donors (Lipinski definition) is 2. The van der Waals surface area contributed by atoms with E-state index in [4.69, 9.17) is 11.6 Å². The van der Waals surface area contributed by atoms with E-state index in [0.717, 1.165) is 30.6 Å². The Bertz CT molecular complexity index is 949. The number of rotatable bonds is 7. The number of piperidine rings is 1. The zero-order chi connectivity index (χ0) is 22.4. The summed E-state index contributed by atoms with van der Waals surface area (Å²) >= 11 is 6.86. The van der Waals surface area contributed by atoms with Gasteiger partial charge in [-0.3, -0.25) is 14.4 Å². The Morgan fingerprint density at radius 3 is 2.77 bits per heavy atom. The molecule has 2 N–H and O–H groups in total. The van der Waals surface area contributed by atoms with Crippen LogP contribution in [-0.4, -0.2) is 52.5 Å². The van der Waals surface area contributed by atoms with Gasteiger partial charge in [0.1, 0.15) is 0 Å². The second-order valence-corrected chi connectivity index (χ2v) is 9.35. The van der Waals surface area contributed by atoms with Crippen molar-refractivity contribution in [1.29, 1.82) is 0 Å². The highest BCUT2D eigenvalue weighted by Gasteiger charge is 2.30. The van der Waals surface area contributed by atoms with Gasteiger partial charge >= 0.3 is 0 Å². The van der Waals surface area contributed by atoms with Crippen molar-refractivity contribution in [3.63, 3.8) is 0 Å². The first-order chi connectivity index (χ1) is 14.8. The van der Waals surface area contributed by atoms with Crippen LogP contribution in [0.15, 0.2) is 24.3 Å². The van der Waals surface area contributed by atoms with Crippen LogP contribution in [0.4, 0.5) is 5.69 Å². The predicted octanol–water partition coefficient (Wildman–Crippen LogP) is 3.46. The van der Waals surface area contributed by atoms with E-state index in [-0.39, 0.29) is 27.7 Å². The van der Waals surface area contributed by atoms with Crippen molar-refractivity contribution < 1.29 is 14.4 Å². The number of aromatic nitrogens is 2. The number of carbonyl (C=O) groups excluding carboxylic acids is 3. The molecule has 0 saturated carbocycles. The molecule has 2 heterocycles. The number of likely N-dealkylation sites (tertiary alicyclic amines) is 1. The molecule has 0 radical (unpaired) electrons. The highest BCUT2D eigenvalue weighted by molar-refractivity contribution is 7.15. The van der Waals surface area contributed by atoms with E-state index in [1.165, 1.54) is 0 Å². The summed E-state index contributed by atoms with van der Waals surface area (Å²) in [4.78, 5) is 39.3. The summed E-state index contributed by atoms with van der Waals surface area (Å²) in [7, 11) is 0. The Morgan fingerprint density at radius 1 is 1.26 bits per heavy atom. The molecule has 8 nitrogen and oxygen atoms in total. The van der Waals surface area contributed by atoms with Gasteiger partial charge in [0.15, 0.2) is 0 Å². The standard InChI is InChI=1S/C21H26ClN5O3S/c1-13(2)8-9-23-17(28)14-5-4-10-27(12-14)21(30)20-26-25-19(31-20)18(29)24-16-7-3-6-15(22)11-16/h3,6-7,11,13-14H,4-5,8-10,12H2,1-2H3,(H,23,28)(H,24,29)/t14-/m0/s1. The fraction of sp³-hybridized carbons (Fsp3) is 0.476. The van der Waals surface area contributed by atoms with Crippen molar-refractivity contribution in [3.05, 3.63) is 39.3 Å². The molecular weight excluding hydrogens is 438 g/mol. The molecule has 1 atom stereocenters. The van der Waals surface area contributed by atoms with Gasteiger partial charge in [-0.25, -0.2) is 0 Å². The van der Waals surface area contributed by atoms with Gasteiger partial charge in [0.2, 0.25) is 15.9 Å². The molecule has 3 amide bonds. The molecule has 1 fully saturated rings. The van der Waals surface area contributed by atoms with Crippen molar-refractivity contribution in [2.24, 2.45) is 11.8 Å². The summed E-state index contributed by atoms with van der Waals surface area (Å²) < 4.78 is 0. The summed E-state index contributed by atoms with van der Waals surface area (Å²) in [5, 5.41) is 14.1. The molecule has 1 aliphatic rings. The summed E-state index contributed by atoms with van der Waals surface area (Å²) in [5.74, 6) is -0.494. The summed E-state index contributed by atoms with van der Waals surface area (Å²) in [6.07, 6.45) is 2.42. The Morgan fingerprint density at radius 2 is 2.03 bits per heavy atom. The van der Waals surface area contributed by atoms with Crippen LogP contribution in [0.1, 0.15) is 52.7 Å². The van der Waals surface area contributed by atoms with Gasteiger partial charge in [0.25, 0.3) is 11.8 Å². The first kappa shape index (κ1) is 23.1. The third kappa shape index (κ3) is 6.48. The SMILES string of the molecule is CC(C)CCNC(=O)[C@H]1CCCN(C(=O)c2nnc(C(=O)Nc3cccc(Cl)c3)s2)C1. The van der Waals surface area contributed by atoms with Gasteiger partial charge in [-0.05, 0) is 43.4 Å². The second kappa shape index (κ2) is 10.7. The Labute approximate surface area is 190 Å². The minimum atomic E-state index is -0.458. The predicted molar refractivity (Wildman–Crippen MR) is 120 cm³/mol. The van der Waals surface area contributed by atoms with Crippen LogP contribution >= 0.6 is 22.9 Å². The molecule has 1 aliphatic heterocycles. The Balaban J connectivity index is 1.58. The molecule has 1 saturated heterocycles. The fourth-order valence-corrected chi connectivity index (χ4v) is 4.19. The van der Waals surface area contributed by atoms with Crippen LogP contribution in [0.5, 0.6) is 0 Å². The number of nitrogens with one attached hydrogen (secondary N) is 2. The largest absolute Gasteiger partial charge is 0.356 e. The molecule has 31 heavy (non-hydrogen) atoms. The van der Waals surface area contributed by atoms with Gasteiger partial charge < -0.3 is 15.5 Å². The van der Waals surface area contributed by atoms with Crippen LogP contribution < -0.4 is 10.6 Å². The lowest BCUT2D eigenvalue weighted by Gasteiger charge is -2.31. The summed E-state index contributed by atoms with van der Waals surface area (Å²) in [5.41, 5.74) is 0.530. The van der Waals surface area contributed by atoms with Crippen molar-refractivity contribution in [1.82, 2.24) is 20.4 Å². The van der Waals surface area contributed by atoms with Crippen molar-refractivity contribution in [3.8, 4) is 0 Å². The van der Waals surface area contributed by atoms with E-state index < -0.39 is 5.91 Å². The van der Waals surface area contributed by atoms with E-state index in [9.17, 15) is 14.4 Å². The van der Waals surface area contributed by atoms with Gasteiger partial charge in [-0.15, -0.1) is 10.2 Å². The molecule has 0 spiro atoms. The van der Waals surface area contributed by atoms with Crippen LogP contribution in [0.2, 0.25) is 5.02 Å². The quantitative estimate of drug-likeness (QED) is 0.654. The molecule has 0 aliphatic carbocycles. The highest BCUT2D eigenvalue weighted by Crippen LogP contribution is 2.21. The van der Waals surface area contributed by atoms with E-state index >= 15 is 0 Å². The number of anilines is 1. The third-order valence-electron chi connectivity index (χ3n) is 4.98. The number of amides is 3. The summed E-state index contributed by atoms with van der Waals surface area (Å²) in [6, 6.07) is 6.75. The van der Waals surface area contributed by atoms with Crippen LogP contribution in [0, 0.1) is 11.8 Å². The minimum absolute atomic E-state index is 0.0167. The maximum absolute atomic E-state index is 12.9. The molecule has 166 valence electrons. The van der Waals surface area contributed by atoms with Crippen LogP contribution in [0.3, 0.4) is 0 Å². The average Bonchev–Trinajstić information content (AvgIpc) is 3.23. The Hall–Kier alpha value is -2.52. The smallest absolute Gasteiger partial charge is 0.286 e. The lowest BCUT2D eigenvalue weighted by molar-refractivity contribution is -0.126. The highest BCUT2D eigenvalue weighted by atomic mass is 35.5. The maximum Gasteiger partial charge on any atom is 0.286 e. The van der Waals surface area contributed by atoms with E-state index in [0.29, 0.717) is 36.3 Å². The number of hydrogen-bond acceptors (Lipinski definition) is 6. The number of nitrogens with zero attached hydrogens (tertiary/aromatic N) is 3. The first-order valence-electron chi connectivity index (χ1n) is 10.3. The van der Waals surface area contributed by atoms with Crippen LogP contribution in [-0.2, 0) is 4.79 Å².